The zero-order valence-corrected chi connectivity index (χ0v) is 5.20. The highest BCUT2D eigenvalue weighted by Gasteiger charge is 2.07. The minimum atomic E-state index is -1.40. The molecule has 0 bridgehead atoms. The Bertz CT molecular complexity index is 180. The Kier molecular flexibility index (Phi) is 2.96. The quantitative estimate of drug-likeness (QED) is 0.421. The molecular formula is C5H6O5. The standard InChI is InChI=1S/C5H6O5/c1-10-3(5(8)9)2-4(6)7/h2H,1H3,(H,6,7)(H,8,9)/b3-2-. The molecule has 0 aliphatic heterocycles. The molecule has 0 heterocycles. The van der Waals surface area contributed by atoms with Crippen molar-refractivity contribution in [2.75, 3.05) is 7.11 Å². The normalized spacial score (nSPS) is 10.7. The summed E-state index contributed by atoms with van der Waals surface area (Å²) in [6, 6.07) is 0. The van der Waals surface area contributed by atoms with E-state index in [1.807, 2.05) is 0 Å². The van der Waals surface area contributed by atoms with Gasteiger partial charge < -0.3 is 14.9 Å². The summed E-state index contributed by atoms with van der Waals surface area (Å²) < 4.78 is 4.20. The van der Waals surface area contributed by atoms with Gasteiger partial charge in [0.15, 0.2) is 0 Å². The minimum absolute atomic E-state index is 0.475. The van der Waals surface area contributed by atoms with E-state index in [1.165, 1.54) is 0 Å². The van der Waals surface area contributed by atoms with E-state index in [0.717, 1.165) is 7.11 Å². The average molecular weight is 146 g/mol. The molecule has 0 fully saturated rings. The van der Waals surface area contributed by atoms with Crippen LogP contribution in [0.5, 0.6) is 0 Å². The van der Waals surface area contributed by atoms with E-state index in [0.29, 0.717) is 6.08 Å². The first-order valence-corrected chi connectivity index (χ1v) is 2.30. The summed E-state index contributed by atoms with van der Waals surface area (Å²) in [6.07, 6.45) is 0.475. The molecule has 56 valence electrons. The molecule has 0 aromatic rings. The van der Waals surface area contributed by atoms with Crippen LogP contribution in [0.1, 0.15) is 0 Å². The number of carboxylic acids is 2. The molecule has 5 nitrogen and oxygen atoms in total. The first kappa shape index (κ1) is 8.48. The van der Waals surface area contributed by atoms with Gasteiger partial charge >= 0.3 is 11.9 Å². The summed E-state index contributed by atoms with van der Waals surface area (Å²) in [7, 11) is 1.09. The van der Waals surface area contributed by atoms with Crippen LogP contribution in [0.15, 0.2) is 11.8 Å². The molecule has 0 spiro atoms. The van der Waals surface area contributed by atoms with Gasteiger partial charge in [0.25, 0.3) is 0 Å². The maximum Gasteiger partial charge on any atom is 0.371 e. The second-order valence-corrected chi connectivity index (χ2v) is 1.36. The Balaban J connectivity index is 4.34. The van der Waals surface area contributed by atoms with E-state index in [1.54, 1.807) is 0 Å². The van der Waals surface area contributed by atoms with Crippen molar-refractivity contribution in [1.29, 1.82) is 0 Å². The largest absolute Gasteiger partial charge is 0.490 e. The van der Waals surface area contributed by atoms with Gasteiger partial charge in [-0.3, -0.25) is 0 Å². The summed E-state index contributed by atoms with van der Waals surface area (Å²) in [5.74, 6) is -3.34. The van der Waals surface area contributed by atoms with Gasteiger partial charge in [0.05, 0.1) is 13.2 Å². The molecular weight excluding hydrogens is 140 g/mol. The average Bonchev–Trinajstić information content (AvgIpc) is 1.81. The van der Waals surface area contributed by atoms with Gasteiger partial charge in [0, 0.05) is 0 Å². The van der Waals surface area contributed by atoms with Gasteiger partial charge in [-0.05, 0) is 0 Å². The number of hydrogen-bond acceptors (Lipinski definition) is 3. The molecule has 0 amide bonds. The van der Waals surface area contributed by atoms with Crippen molar-refractivity contribution in [2.45, 2.75) is 0 Å². The van der Waals surface area contributed by atoms with E-state index in [-0.39, 0.29) is 0 Å². The van der Waals surface area contributed by atoms with Crippen LogP contribution in [-0.4, -0.2) is 29.3 Å². The molecule has 0 aliphatic carbocycles. The van der Waals surface area contributed by atoms with Crippen molar-refractivity contribution in [3.8, 4) is 0 Å². The van der Waals surface area contributed by atoms with Crippen LogP contribution in [0, 0.1) is 0 Å². The fourth-order valence-corrected chi connectivity index (χ4v) is 0.320. The summed E-state index contributed by atoms with van der Waals surface area (Å²) >= 11 is 0. The lowest BCUT2D eigenvalue weighted by Crippen LogP contribution is -2.05. The predicted molar refractivity (Wildman–Crippen MR) is 30.4 cm³/mol. The summed E-state index contributed by atoms with van der Waals surface area (Å²) in [6.45, 7) is 0. The Morgan fingerprint density at radius 3 is 2.00 bits per heavy atom. The molecule has 0 saturated heterocycles. The van der Waals surface area contributed by atoms with Crippen LogP contribution in [-0.2, 0) is 14.3 Å². The monoisotopic (exact) mass is 146 g/mol. The maximum atomic E-state index is 10.0. The van der Waals surface area contributed by atoms with Crippen molar-refractivity contribution in [3.05, 3.63) is 11.8 Å². The van der Waals surface area contributed by atoms with Crippen LogP contribution < -0.4 is 0 Å². The third-order valence-electron chi connectivity index (χ3n) is 0.685. The van der Waals surface area contributed by atoms with Crippen molar-refractivity contribution in [1.82, 2.24) is 0 Å². The molecule has 0 unspecified atom stereocenters. The summed E-state index contributed by atoms with van der Waals surface area (Å²) in [5.41, 5.74) is 0. The van der Waals surface area contributed by atoms with E-state index in [2.05, 4.69) is 4.74 Å². The van der Waals surface area contributed by atoms with Gasteiger partial charge in [-0.25, -0.2) is 9.59 Å². The van der Waals surface area contributed by atoms with Gasteiger partial charge in [0.1, 0.15) is 0 Å². The topological polar surface area (TPSA) is 83.8 Å². The van der Waals surface area contributed by atoms with Gasteiger partial charge in [-0.15, -0.1) is 0 Å². The molecule has 0 aliphatic rings. The zero-order valence-electron chi connectivity index (χ0n) is 5.20. The smallest absolute Gasteiger partial charge is 0.371 e. The Hall–Kier alpha value is -1.52. The third kappa shape index (κ3) is 2.71. The molecule has 10 heavy (non-hydrogen) atoms. The number of ether oxygens (including phenoxy) is 1. The number of aliphatic carboxylic acids is 2. The fourth-order valence-electron chi connectivity index (χ4n) is 0.320. The Morgan fingerprint density at radius 1 is 1.40 bits per heavy atom. The van der Waals surface area contributed by atoms with Gasteiger partial charge in [-0.2, -0.15) is 0 Å². The summed E-state index contributed by atoms with van der Waals surface area (Å²) in [4.78, 5) is 19.9. The molecule has 2 N–H and O–H groups in total. The maximum absolute atomic E-state index is 10.0. The number of methoxy groups -OCH3 is 1. The third-order valence-corrected chi connectivity index (χ3v) is 0.685. The lowest BCUT2D eigenvalue weighted by atomic mass is 10.4. The predicted octanol–water partition coefficient (Wildman–Crippen LogP) is -0.314. The number of carboxylic acid groups (broad SMARTS) is 2. The van der Waals surface area contributed by atoms with Gasteiger partial charge in [-0.1, -0.05) is 0 Å². The van der Waals surface area contributed by atoms with Crippen molar-refractivity contribution < 1.29 is 24.5 Å². The number of hydrogen-bond donors (Lipinski definition) is 2. The molecule has 0 atom stereocenters. The van der Waals surface area contributed by atoms with Gasteiger partial charge in [0.2, 0.25) is 5.76 Å². The van der Waals surface area contributed by atoms with E-state index in [4.69, 9.17) is 10.2 Å². The van der Waals surface area contributed by atoms with Crippen molar-refractivity contribution in [2.24, 2.45) is 0 Å². The number of rotatable bonds is 3. The van der Waals surface area contributed by atoms with Crippen LogP contribution in [0.2, 0.25) is 0 Å². The second kappa shape index (κ2) is 3.49. The molecule has 5 heteroatoms. The highest BCUT2D eigenvalue weighted by molar-refractivity contribution is 5.92. The first-order chi connectivity index (χ1) is 4.57. The van der Waals surface area contributed by atoms with E-state index in [9.17, 15) is 9.59 Å². The first-order valence-electron chi connectivity index (χ1n) is 2.30. The van der Waals surface area contributed by atoms with Crippen LogP contribution >= 0.6 is 0 Å². The van der Waals surface area contributed by atoms with Crippen molar-refractivity contribution in [3.63, 3.8) is 0 Å². The van der Waals surface area contributed by atoms with Crippen molar-refractivity contribution >= 4 is 11.9 Å². The molecule has 0 aromatic carbocycles. The Morgan fingerprint density at radius 2 is 1.90 bits per heavy atom. The zero-order chi connectivity index (χ0) is 8.15. The molecule has 0 radical (unpaired) electrons. The summed E-state index contributed by atoms with van der Waals surface area (Å²) in [5, 5.41) is 16.2. The molecule has 0 rings (SSSR count). The molecule has 0 saturated carbocycles. The van der Waals surface area contributed by atoms with Crippen LogP contribution in [0.4, 0.5) is 0 Å². The minimum Gasteiger partial charge on any atom is -0.490 e. The molecule has 0 aromatic heterocycles. The lowest BCUT2D eigenvalue weighted by Gasteiger charge is -1.95. The van der Waals surface area contributed by atoms with E-state index >= 15 is 0 Å². The Labute approximate surface area is 56.5 Å². The SMILES string of the molecule is CO/C(=C\C(=O)O)C(=O)O. The fraction of sp³-hybridized carbons (Fsp3) is 0.200. The number of carbonyl (C=O) groups is 2. The second-order valence-electron chi connectivity index (χ2n) is 1.36. The highest BCUT2D eigenvalue weighted by atomic mass is 16.5. The van der Waals surface area contributed by atoms with E-state index < -0.39 is 17.7 Å². The van der Waals surface area contributed by atoms with Crippen LogP contribution in [0.3, 0.4) is 0 Å². The lowest BCUT2D eigenvalue weighted by molar-refractivity contribution is -0.138. The van der Waals surface area contributed by atoms with Crippen LogP contribution in [0.25, 0.3) is 0 Å². The highest BCUT2D eigenvalue weighted by Crippen LogP contribution is 1.93.